The van der Waals surface area contributed by atoms with Gasteiger partial charge in [0.2, 0.25) is 5.91 Å². The van der Waals surface area contributed by atoms with Crippen LogP contribution in [0.15, 0.2) is 24.3 Å². The van der Waals surface area contributed by atoms with Crippen molar-refractivity contribution in [2.45, 2.75) is 44.1 Å². The summed E-state index contributed by atoms with van der Waals surface area (Å²) >= 11 is 0. The van der Waals surface area contributed by atoms with Gasteiger partial charge in [-0.25, -0.2) is 4.79 Å². The molecule has 3 rings (SSSR count). The smallest absolute Gasteiger partial charge is 0.389 e. The molecule has 1 aromatic rings. The van der Waals surface area contributed by atoms with E-state index in [9.17, 15) is 27.9 Å². The number of rotatable bonds is 5. The zero-order chi connectivity index (χ0) is 21.2. The Kier molecular flexibility index (Phi) is 6.36. The molecule has 9 heteroatoms. The molecule has 6 nitrogen and oxygen atoms in total. The van der Waals surface area contributed by atoms with Gasteiger partial charge in [-0.2, -0.15) is 13.2 Å². The van der Waals surface area contributed by atoms with Gasteiger partial charge in [0.25, 0.3) is 0 Å². The fraction of sp³-hybridized carbons (Fsp3) is 0.600. The Bertz CT molecular complexity index is 737. The fourth-order valence-corrected chi connectivity index (χ4v) is 4.09. The van der Waals surface area contributed by atoms with E-state index in [4.69, 9.17) is 4.74 Å². The number of carbonyl (C=O) groups excluding carboxylic acids is 2. The number of alkyl halides is 3. The Hall–Kier alpha value is -2.29. The van der Waals surface area contributed by atoms with E-state index >= 15 is 0 Å². The van der Waals surface area contributed by atoms with Crippen molar-refractivity contribution in [1.29, 1.82) is 0 Å². The molecule has 2 aliphatic rings. The van der Waals surface area contributed by atoms with E-state index in [1.165, 1.54) is 12.0 Å². The lowest BCUT2D eigenvalue weighted by molar-refractivity contribution is -0.148. The van der Waals surface area contributed by atoms with Gasteiger partial charge in [0.05, 0.1) is 25.2 Å². The second kappa shape index (κ2) is 8.61. The molecule has 1 N–H and O–H groups in total. The number of likely N-dealkylation sites (tertiary alicyclic amines) is 1. The molecule has 1 heterocycles. The van der Waals surface area contributed by atoms with Crippen LogP contribution in [0.2, 0.25) is 0 Å². The fourth-order valence-electron chi connectivity index (χ4n) is 4.09. The van der Waals surface area contributed by atoms with Crippen molar-refractivity contribution >= 4 is 11.9 Å². The van der Waals surface area contributed by atoms with Crippen LogP contribution in [0.3, 0.4) is 0 Å². The van der Waals surface area contributed by atoms with Crippen LogP contribution < -0.4 is 4.74 Å². The lowest BCUT2D eigenvalue weighted by Crippen LogP contribution is -2.42. The van der Waals surface area contributed by atoms with Crippen molar-refractivity contribution in [2.75, 3.05) is 20.2 Å². The van der Waals surface area contributed by atoms with Crippen LogP contribution in [0.1, 0.15) is 36.0 Å². The van der Waals surface area contributed by atoms with Crippen molar-refractivity contribution in [1.82, 2.24) is 4.90 Å². The summed E-state index contributed by atoms with van der Waals surface area (Å²) in [6, 6.07) is 6.37. The quantitative estimate of drug-likeness (QED) is 0.749. The summed E-state index contributed by atoms with van der Waals surface area (Å²) in [4.78, 5) is 25.1. The molecule has 1 aromatic carbocycles. The zero-order valence-corrected chi connectivity index (χ0v) is 16.0. The number of nitrogens with zero attached hydrogens (tertiary/aromatic N) is 1. The minimum Gasteiger partial charge on any atom is -0.488 e. The minimum atomic E-state index is -4.35. The molecule has 0 radical (unpaired) electrons. The Morgan fingerprint density at radius 1 is 1.14 bits per heavy atom. The molecule has 2 fully saturated rings. The van der Waals surface area contributed by atoms with E-state index in [1.54, 1.807) is 24.3 Å². The van der Waals surface area contributed by atoms with Crippen molar-refractivity contribution in [2.24, 2.45) is 11.8 Å². The third kappa shape index (κ3) is 5.41. The van der Waals surface area contributed by atoms with Gasteiger partial charge in [-0.3, -0.25) is 4.79 Å². The number of halogens is 3. The molecule has 1 aliphatic carbocycles. The third-order valence-corrected chi connectivity index (χ3v) is 5.62. The second-order valence-electron chi connectivity index (χ2n) is 7.65. The molecular formula is C20H24F3NO5. The van der Waals surface area contributed by atoms with E-state index < -0.39 is 43.1 Å². The highest BCUT2D eigenvalue weighted by atomic mass is 19.4. The Labute approximate surface area is 166 Å². The molecule has 1 saturated heterocycles. The number of aliphatic hydroxyl groups is 1. The number of carbonyl (C=O) groups is 2. The van der Waals surface area contributed by atoms with Gasteiger partial charge in [-0.1, -0.05) is 0 Å². The second-order valence-corrected chi connectivity index (χ2v) is 7.65. The largest absolute Gasteiger partial charge is 0.488 e. The maximum atomic E-state index is 12.4. The van der Waals surface area contributed by atoms with Gasteiger partial charge in [0.15, 0.2) is 0 Å². The number of ether oxygens (including phenoxy) is 2. The van der Waals surface area contributed by atoms with Gasteiger partial charge in [-0.15, -0.1) is 0 Å². The summed E-state index contributed by atoms with van der Waals surface area (Å²) in [7, 11) is 1.29. The summed E-state index contributed by atoms with van der Waals surface area (Å²) in [5.41, 5.74) is 0.382. The topological polar surface area (TPSA) is 76.1 Å². The Balaban J connectivity index is 1.56. The van der Waals surface area contributed by atoms with Gasteiger partial charge >= 0.3 is 12.1 Å². The molecule has 0 aromatic heterocycles. The van der Waals surface area contributed by atoms with Crippen LogP contribution in [0, 0.1) is 11.8 Å². The van der Waals surface area contributed by atoms with Crippen LogP contribution in [0.25, 0.3) is 0 Å². The molecule has 4 atom stereocenters. The van der Waals surface area contributed by atoms with Gasteiger partial charge in [0.1, 0.15) is 11.9 Å². The average Bonchev–Trinajstić information content (AvgIpc) is 3.08. The van der Waals surface area contributed by atoms with Gasteiger partial charge in [0, 0.05) is 19.5 Å². The first-order chi connectivity index (χ1) is 13.7. The van der Waals surface area contributed by atoms with Crippen LogP contribution in [-0.4, -0.2) is 60.5 Å². The average molecular weight is 415 g/mol. The molecule has 1 saturated carbocycles. The number of aliphatic hydroxyl groups excluding tert-OH is 1. The van der Waals surface area contributed by atoms with Gasteiger partial charge < -0.3 is 19.5 Å². The zero-order valence-electron chi connectivity index (χ0n) is 16.0. The van der Waals surface area contributed by atoms with Crippen molar-refractivity contribution in [3.8, 4) is 5.75 Å². The summed E-state index contributed by atoms with van der Waals surface area (Å²) in [6.45, 7) is 0.758. The SMILES string of the molecule is COC(=O)c1ccc(O[C@@H]2C[C@@H]3CN(C(=O)CCC(F)(F)F)C[C@@H]3C[C@H]2O)cc1. The van der Waals surface area contributed by atoms with Crippen LogP contribution in [0.5, 0.6) is 5.75 Å². The van der Waals surface area contributed by atoms with Gasteiger partial charge in [-0.05, 0) is 48.9 Å². The van der Waals surface area contributed by atoms with E-state index in [1.807, 2.05) is 0 Å². The third-order valence-electron chi connectivity index (χ3n) is 5.62. The van der Waals surface area contributed by atoms with E-state index in [2.05, 4.69) is 4.74 Å². The van der Waals surface area contributed by atoms with Crippen molar-refractivity contribution < 1.29 is 37.3 Å². The minimum absolute atomic E-state index is 0.0568. The van der Waals surface area contributed by atoms with Crippen LogP contribution >= 0.6 is 0 Å². The Morgan fingerprint density at radius 3 is 2.34 bits per heavy atom. The van der Waals surface area contributed by atoms with Crippen LogP contribution in [0.4, 0.5) is 13.2 Å². The number of methoxy groups -OCH3 is 1. The lowest BCUT2D eigenvalue weighted by atomic mass is 9.78. The standard InChI is InChI=1S/C20H24F3NO5/c1-28-19(27)12-2-4-15(5-3-12)29-17-9-14-11-24(10-13(14)8-16(17)25)18(26)6-7-20(21,22)23/h2-5,13-14,16-17,25H,6-11H2,1H3/t13-,14+,16+,17+/m0/s1. The van der Waals surface area contributed by atoms with E-state index in [-0.39, 0.29) is 11.8 Å². The highest BCUT2D eigenvalue weighted by molar-refractivity contribution is 5.89. The molecular weight excluding hydrogens is 391 g/mol. The summed E-state index contributed by atoms with van der Waals surface area (Å²) in [5, 5.41) is 10.4. The predicted molar refractivity (Wildman–Crippen MR) is 96.3 cm³/mol. The highest BCUT2D eigenvalue weighted by Gasteiger charge is 2.44. The Morgan fingerprint density at radius 2 is 1.76 bits per heavy atom. The first-order valence-corrected chi connectivity index (χ1v) is 9.54. The van der Waals surface area contributed by atoms with Crippen molar-refractivity contribution in [3.05, 3.63) is 29.8 Å². The molecule has 0 bridgehead atoms. The monoisotopic (exact) mass is 415 g/mol. The van der Waals surface area contributed by atoms with Crippen LogP contribution in [-0.2, 0) is 9.53 Å². The number of esters is 1. The highest BCUT2D eigenvalue weighted by Crippen LogP contribution is 2.38. The molecule has 0 unspecified atom stereocenters. The number of amides is 1. The number of hydrogen-bond donors (Lipinski definition) is 1. The summed E-state index contributed by atoms with van der Waals surface area (Å²) in [6.07, 6.45) is -6.29. The first-order valence-electron chi connectivity index (χ1n) is 9.54. The van der Waals surface area contributed by atoms with Crippen molar-refractivity contribution in [3.63, 3.8) is 0 Å². The van der Waals surface area contributed by atoms with E-state index in [0.717, 1.165) is 0 Å². The predicted octanol–water partition coefficient (Wildman–Crippen LogP) is 2.79. The molecule has 1 aliphatic heterocycles. The number of hydrogen-bond acceptors (Lipinski definition) is 5. The number of benzene rings is 1. The normalized spacial score (nSPS) is 26.7. The summed E-state index contributed by atoms with van der Waals surface area (Å²) in [5.74, 6) is -0.328. The maximum absolute atomic E-state index is 12.4. The first kappa shape index (κ1) is 21.4. The summed E-state index contributed by atoms with van der Waals surface area (Å²) < 4.78 is 47.6. The lowest BCUT2D eigenvalue weighted by Gasteiger charge is -2.35. The maximum Gasteiger partial charge on any atom is 0.389 e. The molecule has 0 spiro atoms. The number of fused-ring (bicyclic) bond motifs is 1. The van der Waals surface area contributed by atoms with E-state index in [0.29, 0.717) is 37.2 Å². The molecule has 1 amide bonds. The molecule has 160 valence electrons. The molecule has 29 heavy (non-hydrogen) atoms.